The van der Waals surface area contributed by atoms with Crippen LogP contribution in [-0.2, 0) is 16.1 Å². The van der Waals surface area contributed by atoms with Gasteiger partial charge < -0.3 is 19.3 Å². The molecule has 21 heavy (non-hydrogen) atoms. The molecule has 0 amide bonds. The van der Waals surface area contributed by atoms with Crippen molar-refractivity contribution in [2.75, 3.05) is 20.8 Å². The molecule has 8 heteroatoms. The van der Waals surface area contributed by atoms with Gasteiger partial charge in [0.2, 0.25) is 0 Å². The molecule has 0 fully saturated rings. The number of carbonyl (C=O) groups is 1. The number of benzene rings is 1. The predicted octanol–water partition coefficient (Wildman–Crippen LogP) is 1.43. The highest BCUT2D eigenvalue weighted by Crippen LogP contribution is 2.34. The van der Waals surface area contributed by atoms with Crippen LogP contribution < -0.4 is 9.47 Å². The van der Waals surface area contributed by atoms with Crippen LogP contribution in [0.2, 0.25) is 0 Å². The average molecular weight is 299 g/mol. The molecular weight excluding hydrogens is 282 g/mol. The normalized spacial score (nSPS) is 10.0. The third-order valence-electron chi connectivity index (χ3n) is 2.74. The van der Waals surface area contributed by atoms with Crippen LogP contribution >= 0.6 is 0 Å². The van der Waals surface area contributed by atoms with Gasteiger partial charge in [0, 0.05) is 6.42 Å². The SMILES string of the molecule is COC(=O)CCCOc1cc(CO)c([N+](=O)[O-])cc1OC. The monoisotopic (exact) mass is 299 g/mol. The van der Waals surface area contributed by atoms with Gasteiger partial charge in [-0.25, -0.2) is 0 Å². The first kappa shape index (κ1) is 16.7. The first-order valence-corrected chi connectivity index (χ1v) is 6.19. The van der Waals surface area contributed by atoms with Crippen LogP contribution in [0.25, 0.3) is 0 Å². The lowest BCUT2D eigenvalue weighted by Gasteiger charge is -2.12. The van der Waals surface area contributed by atoms with E-state index >= 15 is 0 Å². The van der Waals surface area contributed by atoms with E-state index in [-0.39, 0.29) is 41.7 Å². The molecule has 1 rings (SSSR count). The second-order valence-corrected chi connectivity index (χ2v) is 4.08. The van der Waals surface area contributed by atoms with Gasteiger partial charge in [0.15, 0.2) is 11.5 Å². The maximum absolute atomic E-state index is 11.0. The molecule has 0 heterocycles. The van der Waals surface area contributed by atoms with E-state index in [4.69, 9.17) is 14.6 Å². The van der Waals surface area contributed by atoms with Crippen molar-refractivity contribution in [2.24, 2.45) is 0 Å². The Labute approximate surface area is 121 Å². The fraction of sp³-hybridized carbons (Fsp3) is 0.462. The van der Waals surface area contributed by atoms with Gasteiger partial charge in [-0.05, 0) is 12.5 Å². The van der Waals surface area contributed by atoms with Crippen molar-refractivity contribution in [3.63, 3.8) is 0 Å². The first-order chi connectivity index (χ1) is 10.0. The largest absolute Gasteiger partial charge is 0.493 e. The topological polar surface area (TPSA) is 108 Å². The summed E-state index contributed by atoms with van der Waals surface area (Å²) in [6.45, 7) is -0.271. The van der Waals surface area contributed by atoms with Gasteiger partial charge in [0.1, 0.15) is 0 Å². The van der Waals surface area contributed by atoms with Crippen molar-refractivity contribution in [1.82, 2.24) is 0 Å². The van der Waals surface area contributed by atoms with Gasteiger partial charge in [-0.1, -0.05) is 0 Å². The molecule has 0 aliphatic heterocycles. The zero-order valence-electron chi connectivity index (χ0n) is 11.8. The summed E-state index contributed by atoms with van der Waals surface area (Å²) in [6.07, 6.45) is 0.639. The van der Waals surface area contributed by atoms with Crippen LogP contribution in [0.4, 0.5) is 5.69 Å². The lowest BCUT2D eigenvalue weighted by Crippen LogP contribution is -2.06. The minimum Gasteiger partial charge on any atom is -0.493 e. The molecule has 0 spiro atoms. The van der Waals surface area contributed by atoms with Gasteiger partial charge in [-0.2, -0.15) is 0 Å². The van der Waals surface area contributed by atoms with E-state index in [2.05, 4.69) is 4.74 Å². The maximum Gasteiger partial charge on any atom is 0.305 e. The van der Waals surface area contributed by atoms with Gasteiger partial charge in [-0.15, -0.1) is 0 Å². The Balaban J connectivity index is 2.81. The van der Waals surface area contributed by atoms with Crippen LogP contribution in [0.15, 0.2) is 12.1 Å². The quantitative estimate of drug-likeness (QED) is 0.335. The lowest BCUT2D eigenvalue weighted by molar-refractivity contribution is -0.385. The van der Waals surface area contributed by atoms with Crippen LogP contribution in [0, 0.1) is 10.1 Å². The van der Waals surface area contributed by atoms with Crippen molar-refractivity contribution < 1.29 is 29.0 Å². The third-order valence-corrected chi connectivity index (χ3v) is 2.74. The van der Waals surface area contributed by atoms with Crippen LogP contribution in [-0.4, -0.2) is 36.8 Å². The van der Waals surface area contributed by atoms with Crippen LogP contribution in [0.5, 0.6) is 11.5 Å². The van der Waals surface area contributed by atoms with Crippen molar-refractivity contribution in [1.29, 1.82) is 0 Å². The van der Waals surface area contributed by atoms with E-state index in [0.717, 1.165) is 0 Å². The van der Waals surface area contributed by atoms with Gasteiger partial charge in [-0.3, -0.25) is 14.9 Å². The van der Waals surface area contributed by atoms with E-state index in [1.165, 1.54) is 26.4 Å². The van der Waals surface area contributed by atoms with Crippen molar-refractivity contribution in [3.8, 4) is 11.5 Å². The number of hydrogen-bond acceptors (Lipinski definition) is 7. The Morgan fingerprint density at radius 3 is 2.57 bits per heavy atom. The summed E-state index contributed by atoms with van der Waals surface area (Å²) in [5, 5.41) is 20.0. The van der Waals surface area contributed by atoms with Crippen LogP contribution in [0.1, 0.15) is 18.4 Å². The van der Waals surface area contributed by atoms with E-state index in [9.17, 15) is 14.9 Å². The fourth-order valence-corrected chi connectivity index (χ4v) is 1.66. The first-order valence-electron chi connectivity index (χ1n) is 6.19. The second kappa shape index (κ2) is 8.05. The number of aliphatic hydroxyl groups is 1. The zero-order valence-corrected chi connectivity index (χ0v) is 11.8. The number of carbonyl (C=O) groups excluding carboxylic acids is 1. The zero-order chi connectivity index (χ0) is 15.8. The molecule has 1 aromatic rings. The van der Waals surface area contributed by atoms with Gasteiger partial charge in [0.25, 0.3) is 5.69 Å². The molecule has 1 aromatic carbocycles. The Kier molecular flexibility index (Phi) is 6.41. The van der Waals surface area contributed by atoms with E-state index < -0.39 is 11.5 Å². The maximum atomic E-state index is 11.0. The van der Waals surface area contributed by atoms with E-state index in [1.807, 2.05) is 0 Å². The number of ether oxygens (including phenoxy) is 3. The molecule has 0 atom stereocenters. The summed E-state index contributed by atoms with van der Waals surface area (Å²) in [5.41, 5.74) is -0.111. The number of rotatable bonds is 8. The molecular formula is C13H17NO7. The third kappa shape index (κ3) is 4.60. The van der Waals surface area contributed by atoms with Crippen LogP contribution in [0.3, 0.4) is 0 Å². The summed E-state index contributed by atoms with van der Waals surface area (Å²) in [6, 6.07) is 2.55. The number of nitro benzene ring substituents is 1. The fourth-order valence-electron chi connectivity index (χ4n) is 1.66. The molecule has 0 bridgehead atoms. The summed E-state index contributed by atoms with van der Waals surface area (Å²) in [5.74, 6) is 0.124. The minimum absolute atomic E-state index is 0.128. The number of esters is 1. The minimum atomic E-state index is -0.602. The lowest BCUT2D eigenvalue weighted by atomic mass is 10.1. The number of methoxy groups -OCH3 is 2. The molecule has 0 aliphatic rings. The van der Waals surface area contributed by atoms with E-state index in [0.29, 0.717) is 6.42 Å². The average Bonchev–Trinajstić information content (AvgIpc) is 2.50. The smallest absolute Gasteiger partial charge is 0.305 e. The van der Waals surface area contributed by atoms with Crippen molar-refractivity contribution in [3.05, 3.63) is 27.8 Å². The molecule has 0 radical (unpaired) electrons. The van der Waals surface area contributed by atoms with Gasteiger partial charge >= 0.3 is 5.97 Å². The molecule has 8 nitrogen and oxygen atoms in total. The molecule has 1 N–H and O–H groups in total. The highest BCUT2D eigenvalue weighted by molar-refractivity contribution is 5.69. The van der Waals surface area contributed by atoms with Crippen molar-refractivity contribution >= 4 is 11.7 Å². The van der Waals surface area contributed by atoms with Gasteiger partial charge in [0.05, 0.1) is 44.0 Å². The molecule has 116 valence electrons. The number of hydrogen-bond donors (Lipinski definition) is 1. The number of nitro groups is 1. The van der Waals surface area contributed by atoms with Crippen molar-refractivity contribution in [2.45, 2.75) is 19.4 Å². The summed E-state index contributed by atoms with van der Waals surface area (Å²) in [7, 11) is 2.66. The standard InChI is InChI=1S/C13H17NO7/c1-19-11-7-10(14(17)18)9(8-15)6-12(11)21-5-3-4-13(16)20-2/h6-7,15H,3-5,8H2,1-2H3. The summed E-state index contributed by atoms with van der Waals surface area (Å²) in [4.78, 5) is 21.2. The molecule has 0 saturated carbocycles. The summed E-state index contributed by atoms with van der Waals surface area (Å²) < 4.78 is 15.0. The highest BCUT2D eigenvalue weighted by atomic mass is 16.6. The number of nitrogens with zero attached hydrogens (tertiary/aromatic N) is 1. The summed E-state index contributed by atoms with van der Waals surface area (Å²) >= 11 is 0. The number of aliphatic hydroxyl groups excluding tert-OH is 1. The predicted molar refractivity (Wildman–Crippen MR) is 72.3 cm³/mol. The van der Waals surface area contributed by atoms with E-state index in [1.54, 1.807) is 0 Å². The highest BCUT2D eigenvalue weighted by Gasteiger charge is 2.19. The molecule has 0 aromatic heterocycles. The molecule has 0 unspecified atom stereocenters. The Bertz CT molecular complexity index is 515. The molecule has 0 aliphatic carbocycles. The molecule has 0 saturated heterocycles. The second-order valence-electron chi connectivity index (χ2n) is 4.08. The Hall–Kier alpha value is -2.35. The Morgan fingerprint density at radius 2 is 2.05 bits per heavy atom. The Morgan fingerprint density at radius 1 is 1.33 bits per heavy atom.